The lowest BCUT2D eigenvalue weighted by Crippen LogP contribution is -2.39. The van der Waals surface area contributed by atoms with E-state index in [4.69, 9.17) is 9.26 Å². The van der Waals surface area contributed by atoms with Gasteiger partial charge in [-0.3, -0.25) is 9.69 Å². The van der Waals surface area contributed by atoms with Gasteiger partial charge in [0.1, 0.15) is 11.6 Å². The normalized spacial score (nSPS) is 16.9. The van der Waals surface area contributed by atoms with Gasteiger partial charge in [-0.25, -0.2) is 4.39 Å². The van der Waals surface area contributed by atoms with Crippen molar-refractivity contribution in [1.29, 1.82) is 0 Å². The zero-order valence-corrected chi connectivity index (χ0v) is 16.7. The predicted octanol–water partition coefficient (Wildman–Crippen LogP) is 3.70. The molecule has 1 amide bonds. The number of aromatic nitrogens is 2. The first-order valence-electron chi connectivity index (χ1n) is 9.86. The molecule has 8 heteroatoms. The number of hydrogen-bond acceptors (Lipinski definition) is 6. The van der Waals surface area contributed by atoms with Crippen LogP contribution in [-0.2, 0) is 4.79 Å². The zero-order valence-electron chi connectivity index (χ0n) is 16.7. The number of methoxy groups -OCH3 is 1. The van der Waals surface area contributed by atoms with Gasteiger partial charge in [0.15, 0.2) is 0 Å². The standard InChI is InChI=1S/C22H23FN4O3/c1-29-19-9-7-18(8-10-19)24-20(28)14-27-11-3-5-16(13-27)22-25-21(26-30-22)15-4-2-6-17(23)12-15/h2,4,6-10,12,16H,3,5,11,13-14H2,1H3,(H,24,28). The van der Waals surface area contributed by atoms with E-state index in [1.807, 2.05) is 12.1 Å². The molecular formula is C22H23FN4O3. The van der Waals surface area contributed by atoms with Crippen LogP contribution >= 0.6 is 0 Å². The Kier molecular flexibility index (Phi) is 6.04. The van der Waals surface area contributed by atoms with Crippen LogP contribution in [0.25, 0.3) is 11.4 Å². The van der Waals surface area contributed by atoms with E-state index in [-0.39, 0.29) is 24.2 Å². The van der Waals surface area contributed by atoms with E-state index in [2.05, 4.69) is 20.4 Å². The number of nitrogens with one attached hydrogen (secondary N) is 1. The number of nitrogens with zero attached hydrogens (tertiary/aromatic N) is 3. The minimum atomic E-state index is -0.342. The summed E-state index contributed by atoms with van der Waals surface area (Å²) in [5, 5.41) is 6.90. The number of carbonyl (C=O) groups is 1. The molecule has 7 nitrogen and oxygen atoms in total. The number of benzene rings is 2. The van der Waals surface area contributed by atoms with Gasteiger partial charge in [-0.1, -0.05) is 17.3 Å². The third-order valence-corrected chi connectivity index (χ3v) is 5.12. The van der Waals surface area contributed by atoms with E-state index in [1.54, 1.807) is 31.4 Å². The molecule has 0 bridgehead atoms. The zero-order chi connectivity index (χ0) is 20.9. The topological polar surface area (TPSA) is 80.5 Å². The smallest absolute Gasteiger partial charge is 0.238 e. The molecule has 1 unspecified atom stereocenters. The lowest BCUT2D eigenvalue weighted by molar-refractivity contribution is -0.117. The van der Waals surface area contributed by atoms with Crippen LogP contribution in [0, 0.1) is 5.82 Å². The van der Waals surface area contributed by atoms with Crippen molar-refractivity contribution in [2.24, 2.45) is 0 Å². The van der Waals surface area contributed by atoms with Crippen LogP contribution in [0.15, 0.2) is 53.1 Å². The van der Waals surface area contributed by atoms with Gasteiger partial charge in [-0.05, 0) is 55.8 Å². The summed E-state index contributed by atoms with van der Waals surface area (Å²) >= 11 is 0. The SMILES string of the molecule is COc1ccc(NC(=O)CN2CCCC(c3nc(-c4cccc(F)c4)no3)C2)cc1. The van der Waals surface area contributed by atoms with Crippen molar-refractivity contribution in [3.8, 4) is 17.1 Å². The fourth-order valence-electron chi connectivity index (χ4n) is 3.62. The molecule has 2 aromatic carbocycles. The molecule has 1 saturated heterocycles. The molecule has 1 aliphatic heterocycles. The Morgan fingerprint density at radius 3 is 2.90 bits per heavy atom. The third kappa shape index (κ3) is 4.83. The summed E-state index contributed by atoms with van der Waals surface area (Å²) < 4.78 is 24.0. The van der Waals surface area contributed by atoms with Crippen molar-refractivity contribution >= 4 is 11.6 Å². The number of amides is 1. The highest BCUT2D eigenvalue weighted by Crippen LogP contribution is 2.27. The van der Waals surface area contributed by atoms with Crippen LogP contribution in [-0.4, -0.2) is 47.7 Å². The minimum Gasteiger partial charge on any atom is -0.497 e. The Bertz CT molecular complexity index is 1010. The van der Waals surface area contributed by atoms with Crippen molar-refractivity contribution in [1.82, 2.24) is 15.0 Å². The highest BCUT2D eigenvalue weighted by molar-refractivity contribution is 5.92. The van der Waals surface area contributed by atoms with E-state index in [0.717, 1.165) is 30.8 Å². The largest absolute Gasteiger partial charge is 0.497 e. The Morgan fingerprint density at radius 1 is 1.30 bits per heavy atom. The van der Waals surface area contributed by atoms with E-state index >= 15 is 0 Å². The van der Waals surface area contributed by atoms with Crippen LogP contribution in [0.5, 0.6) is 5.75 Å². The number of piperidine rings is 1. The molecule has 1 atom stereocenters. The monoisotopic (exact) mass is 410 g/mol. The molecule has 1 aromatic heterocycles. The van der Waals surface area contributed by atoms with Crippen LogP contribution in [0.4, 0.5) is 10.1 Å². The molecule has 156 valence electrons. The number of carbonyl (C=O) groups excluding carboxylic acids is 1. The lowest BCUT2D eigenvalue weighted by Gasteiger charge is -2.30. The number of hydrogen-bond donors (Lipinski definition) is 1. The fraction of sp³-hybridized carbons (Fsp3) is 0.318. The van der Waals surface area contributed by atoms with E-state index < -0.39 is 0 Å². The quantitative estimate of drug-likeness (QED) is 0.667. The van der Waals surface area contributed by atoms with Crippen molar-refractivity contribution in [3.05, 3.63) is 60.2 Å². The van der Waals surface area contributed by atoms with Crippen LogP contribution in [0.2, 0.25) is 0 Å². The second-order valence-corrected chi connectivity index (χ2v) is 7.32. The lowest BCUT2D eigenvalue weighted by atomic mass is 9.98. The molecule has 1 fully saturated rings. The maximum Gasteiger partial charge on any atom is 0.238 e. The van der Waals surface area contributed by atoms with Gasteiger partial charge >= 0.3 is 0 Å². The van der Waals surface area contributed by atoms with Gasteiger partial charge < -0.3 is 14.6 Å². The molecule has 1 N–H and O–H groups in total. The maximum absolute atomic E-state index is 13.4. The van der Waals surface area contributed by atoms with Gasteiger partial charge in [0.2, 0.25) is 17.6 Å². The molecule has 2 heterocycles. The minimum absolute atomic E-state index is 0.0438. The summed E-state index contributed by atoms with van der Waals surface area (Å²) in [5.74, 6) is 1.26. The second kappa shape index (κ2) is 9.04. The first-order chi connectivity index (χ1) is 14.6. The molecule has 0 aliphatic carbocycles. The molecule has 30 heavy (non-hydrogen) atoms. The molecular weight excluding hydrogens is 387 g/mol. The number of halogens is 1. The average molecular weight is 410 g/mol. The number of anilines is 1. The Morgan fingerprint density at radius 2 is 2.13 bits per heavy atom. The summed E-state index contributed by atoms with van der Waals surface area (Å²) in [4.78, 5) is 19.0. The number of rotatable bonds is 6. The molecule has 1 aliphatic rings. The van der Waals surface area contributed by atoms with Crippen molar-refractivity contribution in [2.45, 2.75) is 18.8 Å². The van der Waals surface area contributed by atoms with Crippen molar-refractivity contribution < 1.29 is 18.4 Å². The average Bonchev–Trinajstić information content (AvgIpc) is 3.25. The Labute approximate surface area is 173 Å². The Hall–Kier alpha value is -3.26. The molecule has 0 radical (unpaired) electrons. The first kappa shape index (κ1) is 20.0. The highest BCUT2D eigenvalue weighted by Gasteiger charge is 2.27. The fourth-order valence-corrected chi connectivity index (χ4v) is 3.62. The molecule has 4 rings (SSSR count). The van der Waals surface area contributed by atoms with Crippen molar-refractivity contribution in [2.75, 3.05) is 32.1 Å². The summed E-state index contributed by atoms with van der Waals surface area (Å²) in [6.45, 7) is 1.77. The predicted molar refractivity (Wildman–Crippen MR) is 110 cm³/mol. The summed E-state index contributed by atoms with van der Waals surface area (Å²) in [5.41, 5.74) is 1.31. The number of likely N-dealkylation sites (tertiary alicyclic amines) is 1. The van der Waals surface area contributed by atoms with Gasteiger partial charge in [-0.2, -0.15) is 4.98 Å². The second-order valence-electron chi connectivity index (χ2n) is 7.32. The van der Waals surface area contributed by atoms with Gasteiger partial charge in [0.05, 0.1) is 19.6 Å². The van der Waals surface area contributed by atoms with Gasteiger partial charge in [0.25, 0.3) is 0 Å². The summed E-state index contributed by atoms with van der Waals surface area (Å²) in [6.07, 6.45) is 1.83. The number of ether oxygens (including phenoxy) is 1. The van der Waals surface area contributed by atoms with E-state index in [0.29, 0.717) is 23.8 Å². The van der Waals surface area contributed by atoms with Crippen LogP contribution < -0.4 is 10.1 Å². The maximum atomic E-state index is 13.4. The first-order valence-corrected chi connectivity index (χ1v) is 9.86. The molecule has 3 aromatic rings. The van der Waals surface area contributed by atoms with E-state index in [9.17, 15) is 9.18 Å². The van der Waals surface area contributed by atoms with Crippen molar-refractivity contribution in [3.63, 3.8) is 0 Å². The third-order valence-electron chi connectivity index (χ3n) is 5.12. The van der Waals surface area contributed by atoms with E-state index in [1.165, 1.54) is 12.1 Å². The van der Waals surface area contributed by atoms with Crippen LogP contribution in [0.1, 0.15) is 24.7 Å². The summed E-state index contributed by atoms with van der Waals surface area (Å²) in [6, 6.07) is 13.3. The van der Waals surface area contributed by atoms with Crippen LogP contribution in [0.3, 0.4) is 0 Å². The summed E-state index contributed by atoms with van der Waals surface area (Å²) in [7, 11) is 1.60. The van der Waals surface area contributed by atoms with Gasteiger partial charge in [-0.15, -0.1) is 0 Å². The molecule has 0 saturated carbocycles. The Balaban J connectivity index is 1.35. The highest BCUT2D eigenvalue weighted by atomic mass is 19.1. The molecule has 0 spiro atoms. The van der Waals surface area contributed by atoms with Gasteiger partial charge in [0, 0.05) is 17.8 Å².